The molecule has 0 saturated carbocycles. The molecule has 1 fully saturated rings. The number of aryl methyl sites for hydroxylation is 2. The van der Waals surface area contributed by atoms with Crippen LogP contribution in [0.5, 0.6) is 11.5 Å². The third-order valence-electron chi connectivity index (χ3n) is 4.25. The number of carboxylic acid groups (broad SMARTS) is 1. The molecule has 0 unspecified atom stereocenters. The number of nitrogens with one attached hydrogen (secondary N) is 1. The van der Waals surface area contributed by atoms with E-state index in [4.69, 9.17) is 9.47 Å². The lowest BCUT2D eigenvalue weighted by molar-refractivity contribution is -0.144. The van der Waals surface area contributed by atoms with Crippen molar-refractivity contribution in [1.29, 1.82) is 0 Å². The summed E-state index contributed by atoms with van der Waals surface area (Å²) < 4.78 is 10.9. The third-order valence-corrected chi connectivity index (χ3v) is 5.16. The molecule has 30 heavy (non-hydrogen) atoms. The van der Waals surface area contributed by atoms with E-state index < -0.39 is 12.1 Å². The molecule has 7 nitrogen and oxygen atoms in total. The Kier molecular flexibility index (Phi) is 6.47. The summed E-state index contributed by atoms with van der Waals surface area (Å²) in [5.41, 5.74) is 3.47. The van der Waals surface area contributed by atoms with E-state index >= 15 is 0 Å². The zero-order valence-corrected chi connectivity index (χ0v) is 17.9. The monoisotopic (exact) mass is 426 g/mol. The molecule has 0 bridgehead atoms. The second-order valence-corrected chi connectivity index (χ2v) is 7.84. The number of nitrogens with zero attached hydrogens (tertiary/aromatic N) is 1. The Morgan fingerprint density at radius 2 is 1.93 bits per heavy atom. The number of methoxy groups -OCH3 is 1. The summed E-state index contributed by atoms with van der Waals surface area (Å²) in [6.45, 7) is 5.41. The lowest BCUT2D eigenvalue weighted by Crippen LogP contribution is -2.23. The molecule has 2 aromatic carbocycles. The van der Waals surface area contributed by atoms with Crippen molar-refractivity contribution in [3.8, 4) is 11.5 Å². The lowest BCUT2D eigenvalue weighted by Gasteiger charge is -2.16. The molecule has 0 aromatic heterocycles. The van der Waals surface area contributed by atoms with Gasteiger partial charge >= 0.3 is 5.97 Å². The molecule has 1 atom stereocenters. The van der Waals surface area contributed by atoms with Gasteiger partial charge in [0.2, 0.25) is 0 Å². The number of aliphatic imine (C=N–C) groups is 1. The SMILES string of the molecule is COc1cccc(/C=C2\SC(=Nc3cc(C)cc(C)c3)NC2=O)c1O[C@H](C)C(=O)O. The van der Waals surface area contributed by atoms with Gasteiger partial charge in [0, 0.05) is 5.56 Å². The van der Waals surface area contributed by atoms with Gasteiger partial charge in [-0.3, -0.25) is 4.79 Å². The van der Waals surface area contributed by atoms with Gasteiger partial charge in [-0.05, 0) is 67.9 Å². The van der Waals surface area contributed by atoms with Gasteiger partial charge in [-0.25, -0.2) is 9.79 Å². The largest absolute Gasteiger partial charge is 0.493 e. The average molecular weight is 426 g/mol. The number of hydrogen-bond donors (Lipinski definition) is 2. The summed E-state index contributed by atoms with van der Waals surface area (Å²) in [6, 6.07) is 11.1. The van der Waals surface area contributed by atoms with E-state index in [1.54, 1.807) is 24.3 Å². The van der Waals surface area contributed by atoms with Crippen LogP contribution in [-0.2, 0) is 9.59 Å². The van der Waals surface area contributed by atoms with Crippen molar-refractivity contribution in [3.05, 3.63) is 58.0 Å². The number of para-hydroxylation sites is 1. The fourth-order valence-corrected chi connectivity index (χ4v) is 3.75. The van der Waals surface area contributed by atoms with Crippen LogP contribution in [-0.4, -0.2) is 35.4 Å². The number of ether oxygens (including phenoxy) is 2. The Balaban J connectivity index is 1.92. The highest BCUT2D eigenvalue weighted by Gasteiger charge is 2.25. The second-order valence-electron chi connectivity index (χ2n) is 6.80. The van der Waals surface area contributed by atoms with Crippen LogP contribution in [0.25, 0.3) is 6.08 Å². The number of thioether (sulfide) groups is 1. The van der Waals surface area contributed by atoms with Gasteiger partial charge < -0.3 is 19.9 Å². The van der Waals surface area contributed by atoms with Gasteiger partial charge in [-0.15, -0.1) is 0 Å². The fraction of sp³-hybridized carbons (Fsp3) is 0.227. The number of aliphatic carboxylic acids is 1. The van der Waals surface area contributed by atoms with Crippen LogP contribution in [0.2, 0.25) is 0 Å². The van der Waals surface area contributed by atoms with Crippen LogP contribution in [0.4, 0.5) is 5.69 Å². The third kappa shape index (κ3) is 5.01. The lowest BCUT2D eigenvalue weighted by atomic mass is 10.1. The highest BCUT2D eigenvalue weighted by Crippen LogP contribution is 2.36. The molecule has 1 amide bonds. The normalized spacial score (nSPS) is 17.1. The second kappa shape index (κ2) is 9.04. The smallest absolute Gasteiger partial charge is 0.344 e. The minimum Gasteiger partial charge on any atom is -0.493 e. The van der Waals surface area contributed by atoms with Crippen LogP contribution in [0, 0.1) is 13.8 Å². The number of rotatable bonds is 6. The van der Waals surface area contributed by atoms with Gasteiger partial charge in [-0.2, -0.15) is 0 Å². The van der Waals surface area contributed by atoms with E-state index in [9.17, 15) is 14.7 Å². The first-order valence-corrected chi connectivity index (χ1v) is 10.0. The van der Waals surface area contributed by atoms with Crippen LogP contribution in [0.15, 0.2) is 46.3 Å². The van der Waals surface area contributed by atoms with Crippen molar-refractivity contribution >= 4 is 40.6 Å². The molecule has 2 aromatic rings. The summed E-state index contributed by atoms with van der Waals surface area (Å²) in [7, 11) is 1.47. The highest BCUT2D eigenvalue weighted by atomic mass is 32.2. The molecule has 1 saturated heterocycles. The molecule has 1 aliphatic heterocycles. The maximum atomic E-state index is 12.5. The summed E-state index contributed by atoms with van der Waals surface area (Å²) in [4.78, 5) is 28.6. The number of hydrogen-bond acceptors (Lipinski definition) is 6. The van der Waals surface area contributed by atoms with E-state index in [0.29, 0.717) is 21.4 Å². The van der Waals surface area contributed by atoms with Crippen molar-refractivity contribution in [3.63, 3.8) is 0 Å². The van der Waals surface area contributed by atoms with Gasteiger partial charge in [0.15, 0.2) is 22.8 Å². The van der Waals surface area contributed by atoms with Gasteiger partial charge in [0.05, 0.1) is 17.7 Å². The zero-order chi connectivity index (χ0) is 21.8. The number of carbonyl (C=O) groups excluding carboxylic acids is 1. The summed E-state index contributed by atoms with van der Waals surface area (Å²) in [5.74, 6) is -0.751. The molecule has 0 aliphatic carbocycles. The topological polar surface area (TPSA) is 97.2 Å². The Bertz CT molecular complexity index is 1040. The van der Waals surface area contributed by atoms with Crippen molar-refractivity contribution in [2.75, 3.05) is 7.11 Å². The van der Waals surface area contributed by atoms with Crippen molar-refractivity contribution in [2.45, 2.75) is 26.9 Å². The first-order chi connectivity index (χ1) is 14.3. The molecular weight excluding hydrogens is 404 g/mol. The van der Waals surface area contributed by atoms with Crippen LogP contribution in [0.3, 0.4) is 0 Å². The maximum absolute atomic E-state index is 12.5. The molecule has 156 valence electrons. The Labute approximate surface area is 178 Å². The number of carboxylic acids is 1. The first kappa shape index (κ1) is 21.4. The van der Waals surface area contributed by atoms with Crippen molar-refractivity contribution in [1.82, 2.24) is 5.32 Å². The van der Waals surface area contributed by atoms with E-state index in [2.05, 4.69) is 16.4 Å². The maximum Gasteiger partial charge on any atom is 0.344 e. The predicted octanol–water partition coefficient (Wildman–Crippen LogP) is 4.06. The molecule has 0 spiro atoms. The molecule has 3 rings (SSSR count). The average Bonchev–Trinajstić information content (AvgIpc) is 3.00. The Morgan fingerprint density at radius 1 is 1.23 bits per heavy atom. The molecule has 1 aliphatic rings. The Hall–Kier alpha value is -3.26. The highest BCUT2D eigenvalue weighted by molar-refractivity contribution is 8.18. The first-order valence-electron chi connectivity index (χ1n) is 9.21. The standard InChI is InChI=1S/C22H22N2O5S/c1-12-8-13(2)10-16(9-12)23-22-24-20(25)18(30-22)11-15-6-5-7-17(28-4)19(15)29-14(3)21(26)27/h5-11,14H,1-4H3,(H,26,27)(H,23,24,25)/b18-11-/t14-/m1/s1. The van der Waals surface area contributed by atoms with E-state index in [1.165, 1.54) is 25.8 Å². The quantitative estimate of drug-likeness (QED) is 0.676. The number of carbonyl (C=O) groups is 2. The molecule has 0 radical (unpaired) electrons. The number of amidine groups is 1. The van der Waals surface area contributed by atoms with Crippen LogP contribution in [0.1, 0.15) is 23.6 Å². The number of amides is 1. The minimum absolute atomic E-state index is 0.260. The van der Waals surface area contributed by atoms with E-state index in [0.717, 1.165) is 16.8 Å². The molecule has 1 heterocycles. The predicted molar refractivity (Wildman–Crippen MR) is 117 cm³/mol. The summed E-state index contributed by atoms with van der Waals surface area (Å²) in [6.07, 6.45) is 0.557. The molecule has 8 heteroatoms. The van der Waals surface area contributed by atoms with Gasteiger partial charge in [0.25, 0.3) is 5.91 Å². The van der Waals surface area contributed by atoms with Crippen LogP contribution >= 0.6 is 11.8 Å². The Morgan fingerprint density at radius 3 is 2.57 bits per heavy atom. The van der Waals surface area contributed by atoms with Gasteiger partial charge in [0.1, 0.15) is 0 Å². The summed E-state index contributed by atoms with van der Waals surface area (Å²) in [5, 5.41) is 12.4. The number of benzene rings is 2. The van der Waals surface area contributed by atoms with Gasteiger partial charge in [-0.1, -0.05) is 18.2 Å². The van der Waals surface area contributed by atoms with Crippen LogP contribution < -0.4 is 14.8 Å². The zero-order valence-electron chi connectivity index (χ0n) is 17.1. The minimum atomic E-state index is -1.10. The fourth-order valence-electron chi connectivity index (χ4n) is 2.91. The van der Waals surface area contributed by atoms with Crippen molar-refractivity contribution < 1.29 is 24.2 Å². The van der Waals surface area contributed by atoms with E-state index in [-0.39, 0.29) is 11.7 Å². The summed E-state index contributed by atoms with van der Waals surface area (Å²) >= 11 is 1.21. The molecule has 2 N–H and O–H groups in total. The van der Waals surface area contributed by atoms with E-state index in [1.807, 2.05) is 26.0 Å². The molecular formula is C22H22N2O5S. The van der Waals surface area contributed by atoms with Crippen molar-refractivity contribution in [2.24, 2.45) is 4.99 Å².